The van der Waals surface area contributed by atoms with Crippen LogP contribution in [0, 0.1) is 5.92 Å². The van der Waals surface area contributed by atoms with Crippen molar-refractivity contribution in [2.75, 3.05) is 39.3 Å². The second-order valence-corrected chi connectivity index (χ2v) is 6.38. The predicted octanol–water partition coefficient (Wildman–Crippen LogP) is 0.237. The highest BCUT2D eigenvalue weighted by Crippen LogP contribution is 2.18. The first-order chi connectivity index (χ1) is 10.7. The largest absolute Gasteiger partial charge is 0.375 e. The van der Waals surface area contributed by atoms with Gasteiger partial charge < -0.3 is 9.64 Å². The van der Waals surface area contributed by atoms with Crippen LogP contribution in [0.2, 0.25) is 0 Å². The van der Waals surface area contributed by atoms with Crippen LogP contribution in [0.3, 0.4) is 0 Å². The summed E-state index contributed by atoms with van der Waals surface area (Å²) in [6.45, 7) is 7.51. The Kier molecular flexibility index (Phi) is 5.04. The Morgan fingerprint density at radius 2 is 2.27 bits per heavy atom. The molecule has 7 heteroatoms. The SMILES string of the molecule is C[C@@H]1CN(C(=O)CN2CCC[C@@H](Cn3cncn3)C2)CCO1. The minimum atomic E-state index is 0.152. The molecule has 122 valence electrons. The maximum Gasteiger partial charge on any atom is 0.236 e. The average molecular weight is 307 g/mol. The van der Waals surface area contributed by atoms with Crippen molar-refractivity contribution in [3.8, 4) is 0 Å². The number of carbonyl (C=O) groups excluding carboxylic acids is 1. The van der Waals surface area contributed by atoms with E-state index in [0.717, 1.165) is 39.1 Å². The Morgan fingerprint density at radius 1 is 1.36 bits per heavy atom. The van der Waals surface area contributed by atoms with E-state index in [0.29, 0.717) is 19.1 Å². The van der Waals surface area contributed by atoms with Crippen LogP contribution in [-0.2, 0) is 16.1 Å². The molecule has 0 aromatic carbocycles. The van der Waals surface area contributed by atoms with Gasteiger partial charge in [0.1, 0.15) is 12.7 Å². The van der Waals surface area contributed by atoms with Crippen LogP contribution in [0.15, 0.2) is 12.7 Å². The molecule has 22 heavy (non-hydrogen) atoms. The second kappa shape index (κ2) is 7.19. The van der Waals surface area contributed by atoms with Gasteiger partial charge in [-0.15, -0.1) is 0 Å². The van der Waals surface area contributed by atoms with Crippen molar-refractivity contribution in [3.63, 3.8) is 0 Å². The number of aromatic nitrogens is 3. The molecule has 7 nitrogen and oxygen atoms in total. The highest BCUT2D eigenvalue weighted by Gasteiger charge is 2.26. The second-order valence-electron chi connectivity index (χ2n) is 6.38. The standard InChI is InChI=1S/C15H25N5O2/c1-13-7-19(5-6-22-13)15(21)10-18-4-2-3-14(8-18)9-20-12-16-11-17-20/h11-14H,2-10H2,1H3/t13-,14-/m1/s1. The van der Waals surface area contributed by atoms with Gasteiger partial charge in [-0.1, -0.05) is 0 Å². The third kappa shape index (κ3) is 4.04. The fraction of sp³-hybridized carbons (Fsp3) is 0.800. The van der Waals surface area contributed by atoms with Crippen molar-refractivity contribution in [2.24, 2.45) is 5.92 Å². The molecular formula is C15H25N5O2. The molecule has 2 aliphatic rings. The summed E-state index contributed by atoms with van der Waals surface area (Å²) in [7, 11) is 0. The Labute approximate surface area is 131 Å². The molecule has 3 rings (SSSR count). The summed E-state index contributed by atoms with van der Waals surface area (Å²) in [5, 5.41) is 4.18. The van der Waals surface area contributed by atoms with E-state index in [1.165, 1.54) is 6.42 Å². The van der Waals surface area contributed by atoms with E-state index in [2.05, 4.69) is 15.0 Å². The van der Waals surface area contributed by atoms with Crippen molar-refractivity contribution >= 4 is 5.91 Å². The first-order valence-electron chi connectivity index (χ1n) is 8.15. The molecule has 0 N–H and O–H groups in total. The molecule has 2 aliphatic heterocycles. The van der Waals surface area contributed by atoms with Gasteiger partial charge in [-0.3, -0.25) is 14.4 Å². The van der Waals surface area contributed by atoms with Crippen molar-refractivity contribution < 1.29 is 9.53 Å². The number of morpholine rings is 1. The van der Waals surface area contributed by atoms with Crippen molar-refractivity contribution in [2.45, 2.75) is 32.4 Å². The van der Waals surface area contributed by atoms with Crippen molar-refractivity contribution in [1.82, 2.24) is 24.6 Å². The van der Waals surface area contributed by atoms with Gasteiger partial charge in [0, 0.05) is 26.2 Å². The minimum absolute atomic E-state index is 0.152. The Hall–Kier alpha value is -1.47. The van der Waals surface area contributed by atoms with Crippen LogP contribution >= 0.6 is 0 Å². The van der Waals surface area contributed by atoms with Crippen LogP contribution in [0.25, 0.3) is 0 Å². The van der Waals surface area contributed by atoms with Crippen molar-refractivity contribution in [1.29, 1.82) is 0 Å². The van der Waals surface area contributed by atoms with Crippen molar-refractivity contribution in [3.05, 3.63) is 12.7 Å². The molecule has 1 aromatic heterocycles. The highest BCUT2D eigenvalue weighted by atomic mass is 16.5. The molecule has 0 spiro atoms. The number of likely N-dealkylation sites (tertiary alicyclic amines) is 1. The Morgan fingerprint density at radius 3 is 3.05 bits per heavy atom. The quantitative estimate of drug-likeness (QED) is 0.797. The van der Waals surface area contributed by atoms with Crippen LogP contribution in [-0.4, -0.2) is 75.9 Å². The van der Waals surface area contributed by atoms with Gasteiger partial charge in [-0.2, -0.15) is 5.10 Å². The van der Waals surface area contributed by atoms with Crippen LogP contribution in [0.1, 0.15) is 19.8 Å². The maximum atomic E-state index is 12.4. The van der Waals surface area contributed by atoms with Gasteiger partial charge in [0.15, 0.2) is 0 Å². The fourth-order valence-electron chi connectivity index (χ4n) is 3.37. The van der Waals surface area contributed by atoms with Crippen LogP contribution in [0.4, 0.5) is 0 Å². The van der Waals surface area contributed by atoms with E-state index in [1.807, 2.05) is 16.5 Å². The number of amides is 1. The molecule has 2 saturated heterocycles. The predicted molar refractivity (Wildman–Crippen MR) is 81.2 cm³/mol. The lowest BCUT2D eigenvalue weighted by molar-refractivity contribution is -0.139. The molecule has 1 amide bonds. The number of hydrogen-bond acceptors (Lipinski definition) is 5. The number of nitrogens with zero attached hydrogens (tertiary/aromatic N) is 5. The van der Waals surface area contributed by atoms with Gasteiger partial charge >= 0.3 is 0 Å². The summed E-state index contributed by atoms with van der Waals surface area (Å²) in [5.41, 5.74) is 0. The first kappa shape index (κ1) is 15.4. The number of ether oxygens (including phenoxy) is 1. The summed E-state index contributed by atoms with van der Waals surface area (Å²) >= 11 is 0. The summed E-state index contributed by atoms with van der Waals surface area (Å²) in [6, 6.07) is 0. The van der Waals surface area contributed by atoms with E-state index < -0.39 is 0 Å². The summed E-state index contributed by atoms with van der Waals surface area (Å²) in [6.07, 6.45) is 5.83. The van der Waals surface area contributed by atoms with Gasteiger partial charge in [-0.25, -0.2) is 4.98 Å². The molecule has 0 unspecified atom stereocenters. The summed E-state index contributed by atoms with van der Waals surface area (Å²) in [4.78, 5) is 20.7. The van der Waals surface area contributed by atoms with Gasteiger partial charge in [0.05, 0.1) is 19.3 Å². The molecule has 1 aromatic rings. The van der Waals surface area contributed by atoms with E-state index in [-0.39, 0.29) is 12.0 Å². The third-order valence-electron chi connectivity index (χ3n) is 4.47. The zero-order chi connectivity index (χ0) is 15.4. The third-order valence-corrected chi connectivity index (χ3v) is 4.47. The molecule has 0 bridgehead atoms. The minimum Gasteiger partial charge on any atom is -0.375 e. The van der Waals surface area contributed by atoms with E-state index in [9.17, 15) is 4.79 Å². The van der Waals surface area contributed by atoms with E-state index in [1.54, 1.807) is 12.7 Å². The first-order valence-corrected chi connectivity index (χ1v) is 8.15. The summed E-state index contributed by atoms with van der Waals surface area (Å²) in [5.74, 6) is 0.781. The average Bonchev–Trinajstić information content (AvgIpc) is 3.00. The molecule has 2 fully saturated rings. The molecule has 0 aliphatic carbocycles. The number of hydrogen-bond donors (Lipinski definition) is 0. The number of carbonyl (C=O) groups is 1. The molecule has 3 heterocycles. The van der Waals surface area contributed by atoms with Gasteiger partial charge in [0.2, 0.25) is 5.91 Å². The lowest BCUT2D eigenvalue weighted by Crippen LogP contribution is -2.49. The monoisotopic (exact) mass is 307 g/mol. The lowest BCUT2D eigenvalue weighted by Gasteiger charge is -2.36. The molecule has 0 radical (unpaired) electrons. The zero-order valence-electron chi connectivity index (χ0n) is 13.2. The highest BCUT2D eigenvalue weighted by molar-refractivity contribution is 5.78. The topological polar surface area (TPSA) is 63.5 Å². The van der Waals surface area contributed by atoms with E-state index in [4.69, 9.17) is 4.74 Å². The lowest BCUT2D eigenvalue weighted by atomic mass is 9.98. The fourth-order valence-corrected chi connectivity index (χ4v) is 3.37. The van der Waals surface area contributed by atoms with Crippen LogP contribution in [0.5, 0.6) is 0 Å². The molecule has 2 atom stereocenters. The summed E-state index contributed by atoms with van der Waals surface area (Å²) < 4.78 is 7.39. The van der Waals surface area contributed by atoms with Gasteiger partial charge in [-0.05, 0) is 32.2 Å². The smallest absolute Gasteiger partial charge is 0.236 e. The normalized spacial score (nSPS) is 27.0. The van der Waals surface area contributed by atoms with E-state index >= 15 is 0 Å². The molecule has 0 saturated carbocycles. The maximum absolute atomic E-state index is 12.4. The van der Waals surface area contributed by atoms with Crippen LogP contribution < -0.4 is 0 Å². The Balaban J connectivity index is 1.48. The number of piperidine rings is 1. The zero-order valence-corrected chi connectivity index (χ0v) is 13.2. The number of rotatable bonds is 4. The van der Waals surface area contributed by atoms with Gasteiger partial charge in [0.25, 0.3) is 0 Å². The molecular weight excluding hydrogens is 282 g/mol. The Bertz CT molecular complexity index is 478.